The zero-order valence-electron chi connectivity index (χ0n) is 11.0. The zero-order chi connectivity index (χ0) is 12.8. The third kappa shape index (κ3) is 4.15. The molecule has 0 radical (unpaired) electrons. The van der Waals surface area contributed by atoms with Crippen molar-refractivity contribution >= 4 is 5.91 Å². The molecule has 1 fully saturated rings. The molecule has 3 nitrogen and oxygen atoms in total. The van der Waals surface area contributed by atoms with Crippen molar-refractivity contribution in [3.8, 4) is 0 Å². The Balaban J connectivity index is 1.73. The second kappa shape index (κ2) is 6.55. The molecule has 1 aliphatic rings. The van der Waals surface area contributed by atoms with E-state index in [0.29, 0.717) is 12.5 Å². The van der Waals surface area contributed by atoms with Gasteiger partial charge in [-0.05, 0) is 38.3 Å². The van der Waals surface area contributed by atoms with Gasteiger partial charge in [0.25, 0.3) is 0 Å². The van der Waals surface area contributed by atoms with Crippen molar-refractivity contribution in [2.75, 3.05) is 6.54 Å². The van der Waals surface area contributed by atoms with Gasteiger partial charge in [-0.2, -0.15) is 0 Å². The summed E-state index contributed by atoms with van der Waals surface area (Å²) < 4.78 is 0. The lowest BCUT2D eigenvalue weighted by atomic mass is 10.1. The van der Waals surface area contributed by atoms with Crippen molar-refractivity contribution in [2.45, 2.75) is 44.7 Å². The first-order valence-electron chi connectivity index (χ1n) is 6.80. The van der Waals surface area contributed by atoms with Crippen LogP contribution >= 0.6 is 0 Å². The molecule has 2 unspecified atom stereocenters. The van der Waals surface area contributed by atoms with Gasteiger partial charge in [0.15, 0.2) is 0 Å². The quantitative estimate of drug-likeness (QED) is 0.833. The van der Waals surface area contributed by atoms with Crippen molar-refractivity contribution in [1.29, 1.82) is 0 Å². The second-order valence-electron chi connectivity index (χ2n) is 5.16. The topological polar surface area (TPSA) is 41.1 Å². The lowest BCUT2D eigenvalue weighted by molar-refractivity contribution is -0.122. The molecule has 0 aromatic heterocycles. The summed E-state index contributed by atoms with van der Waals surface area (Å²) in [5.74, 6) is 0.165. The normalized spacial score (nSPS) is 20.6. The van der Waals surface area contributed by atoms with Crippen molar-refractivity contribution in [3.05, 3.63) is 35.9 Å². The van der Waals surface area contributed by atoms with Gasteiger partial charge < -0.3 is 10.6 Å². The van der Waals surface area contributed by atoms with Crippen molar-refractivity contribution in [2.24, 2.45) is 0 Å². The van der Waals surface area contributed by atoms with E-state index in [4.69, 9.17) is 0 Å². The van der Waals surface area contributed by atoms with E-state index in [1.807, 2.05) is 18.2 Å². The fraction of sp³-hybridized carbons (Fsp3) is 0.533. The minimum atomic E-state index is 0.165. The lowest BCUT2D eigenvalue weighted by Gasteiger charge is -2.16. The van der Waals surface area contributed by atoms with Crippen LogP contribution in [0.5, 0.6) is 0 Å². The summed E-state index contributed by atoms with van der Waals surface area (Å²) in [4.78, 5) is 11.8. The molecule has 3 heteroatoms. The molecule has 1 aliphatic heterocycles. The number of carbonyl (C=O) groups excluding carboxylic acids is 1. The van der Waals surface area contributed by atoms with Crippen LogP contribution in [-0.2, 0) is 11.2 Å². The fourth-order valence-electron chi connectivity index (χ4n) is 2.51. The number of benzene rings is 1. The van der Waals surface area contributed by atoms with E-state index in [1.54, 1.807) is 0 Å². The molecule has 1 saturated heterocycles. The van der Waals surface area contributed by atoms with Crippen LogP contribution in [0.15, 0.2) is 30.3 Å². The lowest BCUT2D eigenvalue weighted by Crippen LogP contribution is -2.37. The summed E-state index contributed by atoms with van der Waals surface area (Å²) in [5.41, 5.74) is 1.27. The molecule has 0 bridgehead atoms. The van der Waals surface area contributed by atoms with Crippen molar-refractivity contribution < 1.29 is 4.79 Å². The van der Waals surface area contributed by atoms with Crippen LogP contribution in [0.2, 0.25) is 0 Å². The number of rotatable bonds is 5. The first kappa shape index (κ1) is 13.1. The van der Waals surface area contributed by atoms with Crippen LogP contribution in [0, 0.1) is 0 Å². The van der Waals surface area contributed by atoms with Crippen LogP contribution in [0.4, 0.5) is 0 Å². The Hall–Kier alpha value is -1.35. The van der Waals surface area contributed by atoms with Gasteiger partial charge in [0.1, 0.15) is 0 Å². The number of nitrogens with one attached hydrogen (secondary N) is 2. The summed E-state index contributed by atoms with van der Waals surface area (Å²) in [5, 5.41) is 6.43. The minimum Gasteiger partial charge on any atom is -0.353 e. The Morgan fingerprint density at radius 1 is 1.44 bits per heavy atom. The summed E-state index contributed by atoms with van der Waals surface area (Å²) in [6.45, 7) is 3.12. The Kier molecular flexibility index (Phi) is 4.76. The Morgan fingerprint density at radius 3 is 2.89 bits per heavy atom. The van der Waals surface area contributed by atoms with Gasteiger partial charge in [-0.3, -0.25) is 4.79 Å². The molecule has 1 aromatic carbocycles. The summed E-state index contributed by atoms with van der Waals surface area (Å²) in [6.07, 6.45) is 3.82. The largest absolute Gasteiger partial charge is 0.353 e. The van der Waals surface area contributed by atoms with Gasteiger partial charge in [0, 0.05) is 18.5 Å². The maximum absolute atomic E-state index is 11.8. The van der Waals surface area contributed by atoms with Crippen LogP contribution in [-0.4, -0.2) is 24.5 Å². The molecule has 18 heavy (non-hydrogen) atoms. The molecule has 1 amide bonds. The minimum absolute atomic E-state index is 0.165. The van der Waals surface area contributed by atoms with E-state index < -0.39 is 0 Å². The van der Waals surface area contributed by atoms with E-state index in [0.717, 1.165) is 19.4 Å². The third-order valence-corrected chi connectivity index (χ3v) is 3.39. The molecule has 98 valence electrons. The van der Waals surface area contributed by atoms with Crippen LogP contribution in [0.1, 0.15) is 31.7 Å². The SMILES string of the molecule is CC(Cc1ccccc1)NC(=O)CC1CCCN1. The first-order chi connectivity index (χ1) is 8.74. The zero-order valence-corrected chi connectivity index (χ0v) is 11.0. The highest BCUT2D eigenvalue weighted by atomic mass is 16.1. The number of hydrogen-bond donors (Lipinski definition) is 2. The van der Waals surface area contributed by atoms with Crippen molar-refractivity contribution in [3.63, 3.8) is 0 Å². The van der Waals surface area contributed by atoms with Crippen LogP contribution < -0.4 is 10.6 Å². The average molecular weight is 246 g/mol. The van der Waals surface area contributed by atoms with Gasteiger partial charge in [0.05, 0.1) is 0 Å². The molecule has 1 aromatic rings. The third-order valence-electron chi connectivity index (χ3n) is 3.39. The Morgan fingerprint density at radius 2 is 2.22 bits per heavy atom. The predicted octanol–water partition coefficient (Wildman–Crippen LogP) is 1.88. The van der Waals surface area contributed by atoms with E-state index in [2.05, 4.69) is 29.7 Å². The summed E-state index contributed by atoms with van der Waals surface area (Å²) in [6, 6.07) is 10.9. The number of amides is 1. The molecule has 2 atom stereocenters. The molecule has 0 spiro atoms. The monoisotopic (exact) mass is 246 g/mol. The van der Waals surface area contributed by atoms with Gasteiger partial charge in [-0.15, -0.1) is 0 Å². The standard InChI is InChI=1S/C15H22N2O/c1-12(10-13-6-3-2-4-7-13)17-15(18)11-14-8-5-9-16-14/h2-4,6-7,12,14,16H,5,8-11H2,1H3,(H,17,18). The molecular formula is C15H22N2O. The van der Waals surface area contributed by atoms with E-state index >= 15 is 0 Å². The smallest absolute Gasteiger partial charge is 0.221 e. The molecule has 2 rings (SSSR count). The van der Waals surface area contributed by atoms with E-state index in [9.17, 15) is 4.79 Å². The molecule has 2 N–H and O–H groups in total. The Bertz CT molecular complexity index is 371. The van der Waals surface area contributed by atoms with Gasteiger partial charge >= 0.3 is 0 Å². The maximum atomic E-state index is 11.8. The summed E-state index contributed by atoms with van der Waals surface area (Å²) in [7, 11) is 0. The fourth-order valence-corrected chi connectivity index (χ4v) is 2.51. The molecule has 1 heterocycles. The van der Waals surface area contributed by atoms with Crippen molar-refractivity contribution in [1.82, 2.24) is 10.6 Å². The van der Waals surface area contributed by atoms with E-state index in [1.165, 1.54) is 12.0 Å². The van der Waals surface area contributed by atoms with Gasteiger partial charge in [0.2, 0.25) is 5.91 Å². The van der Waals surface area contributed by atoms with Crippen LogP contribution in [0.3, 0.4) is 0 Å². The highest BCUT2D eigenvalue weighted by molar-refractivity contribution is 5.76. The predicted molar refractivity (Wildman–Crippen MR) is 73.4 cm³/mol. The first-order valence-corrected chi connectivity index (χ1v) is 6.80. The number of hydrogen-bond acceptors (Lipinski definition) is 2. The number of carbonyl (C=O) groups is 1. The second-order valence-corrected chi connectivity index (χ2v) is 5.16. The average Bonchev–Trinajstić information content (AvgIpc) is 2.82. The highest BCUT2D eigenvalue weighted by Gasteiger charge is 2.18. The van der Waals surface area contributed by atoms with Gasteiger partial charge in [-0.1, -0.05) is 30.3 Å². The summed E-state index contributed by atoms with van der Waals surface area (Å²) >= 11 is 0. The van der Waals surface area contributed by atoms with Crippen LogP contribution in [0.25, 0.3) is 0 Å². The maximum Gasteiger partial charge on any atom is 0.221 e. The van der Waals surface area contributed by atoms with Gasteiger partial charge in [-0.25, -0.2) is 0 Å². The highest BCUT2D eigenvalue weighted by Crippen LogP contribution is 2.09. The molecule has 0 saturated carbocycles. The molecule has 0 aliphatic carbocycles. The Labute approximate surface area is 109 Å². The van der Waals surface area contributed by atoms with E-state index in [-0.39, 0.29) is 11.9 Å². The molecular weight excluding hydrogens is 224 g/mol.